The van der Waals surface area contributed by atoms with Crippen molar-refractivity contribution in [2.75, 3.05) is 38.2 Å². The van der Waals surface area contributed by atoms with Crippen molar-refractivity contribution < 1.29 is 19.1 Å². The third-order valence-electron chi connectivity index (χ3n) is 4.48. The van der Waals surface area contributed by atoms with Crippen molar-refractivity contribution in [2.45, 2.75) is 32.8 Å². The van der Waals surface area contributed by atoms with Gasteiger partial charge >= 0.3 is 12.1 Å². The first-order valence-electron chi connectivity index (χ1n) is 8.35. The van der Waals surface area contributed by atoms with Crippen LogP contribution >= 0.6 is 0 Å². The van der Waals surface area contributed by atoms with Crippen LogP contribution in [0.2, 0.25) is 0 Å². The molecule has 0 radical (unpaired) electrons. The smallest absolute Gasteiger partial charge is 0.410 e. The number of likely N-dealkylation sites (tertiary alicyclic amines) is 1. The van der Waals surface area contributed by atoms with Crippen molar-refractivity contribution in [3.63, 3.8) is 0 Å². The van der Waals surface area contributed by atoms with E-state index in [0.717, 1.165) is 19.5 Å². The predicted octanol–water partition coefficient (Wildman–Crippen LogP) is 1.71. The van der Waals surface area contributed by atoms with E-state index < -0.39 is 11.6 Å². The molecule has 1 amide bonds. The van der Waals surface area contributed by atoms with E-state index in [0.29, 0.717) is 18.9 Å². The Morgan fingerprint density at radius 1 is 1.20 bits per heavy atom. The van der Waals surface area contributed by atoms with Gasteiger partial charge < -0.3 is 19.3 Å². The Morgan fingerprint density at radius 2 is 1.92 bits per heavy atom. The molecule has 2 aliphatic rings. The summed E-state index contributed by atoms with van der Waals surface area (Å²) in [5.74, 6) is 0.165. The molecule has 0 atom stereocenters. The summed E-state index contributed by atoms with van der Waals surface area (Å²) < 4.78 is 10.1. The molecule has 0 saturated carbocycles. The second kappa shape index (κ2) is 6.16. The summed E-state index contributed by atoms with van der Waals surface area (Å²) in [6, 6.07) is 0. The third-order valence-corrected chi connectivity index (χ3v) is 4.48. The Morgan fingerprint density at radius 3 is 2.56 bits per heavy atom. The molecule has 3 heterocycles. The minimum atomic E-state index is -0.497. The van der Waals surface area contributed by atoms with E-state index in [1.807, 2.05) is 20.8 Å². The number of rotatable bonds is 2. The molecule has 1 aromatic rings. The van der Waals surface area contributed by atoms with Gasteiger partial charge in [-0.1, -0.05) is 0 Å². The maximum Gasteiger partial charge on any atom is 0.410 e. The fourth-order valence-corrected chi connectivity index (χ4v) is 3.32. The maximum atomic E-state index is 12.1. The molecule has 0 unspecified atom stereocenters. The van der Waals surface area contributed by atoms with Crippen LogP contribution in [0.4, 0.5) is 10.6 Å². The van der Waals surface area contributed by atoms with Gasteiger partial charge in [0.1, 0.15) is 11.4 Å². The standard InChI is InChI=1S/C17H24N4O4/c1-16(2,3)25-15(23)21-10-17(11-21)5-6-20(9-17)13-8-18-7-12(19-13)14(22)24-4/h7-8H,5-6,9-11H2,1-4H3. The molecule has 8 heteroatoms. The van der Waals surface area contributed by atoms with E-state index >= 15 is 0 Å². The van der Waals surface area contributed by atoms with Gasteiger partial charge in [0.2, 0.25) is 0 Å². The van der Waals surface area contributed by atoms with Gasteiger partial charge in [-0.05, 0) is 27.2 Å². The predicted molar refractivity (Wildman–Crippen MR) is 90.4 cm³/mol. The maximum absolute atomic E-state index is 12.1. The minimum absolute atomic E-state index is 0.0693. The van der Waals surface area contributed by atoms with Crippen LogP contribution in [0.1, 0.15) is 37.7 Å². The first-order chi connectivity index (χ1) is 11.7. The Balaban J connectivity index is 1.60. The molecule has 0 aromatic carbocycles. The number of methoxy groups -OCH3 is 1. The number of hydrogen-bond donors (Lipinski definition) is 0. The zero-order valence-electron chi connectivity index (χ0n) is 15.1. The van der Waals surface area contributed by atoms with Gasteiger partial charge in [-0.3, -0.25) is 4.98 Å². The first-order valence-corrected chi connectivity index (χ1v) is 8.35. The molecule has 2 fully saturated rings. The number of nitrogens with zero attached hydrogens (tertiary/aromatic N) is 4. The molecule has 0 N–H and O–H groups in total. The number of ether oxygens (including phenoxy) is 2. The molecule has 2 saturated heterocycles. The Kier molecular flexibility index (Phi) is 4.30. The number of carbonyl (C=O) groups excluding carboxylic acids is 2. The lowest BCUT2D eigenvalue weighted by Crippen LogP contribution is -2.60. The van der Waals surface area contributed by atoms with Gasteiger partial charge in [-0.2, -0.15) is 0 Å². The molecular formula is C17H24N4O4. The van der Waals surface area contributed by atoms with Crippen LogP contribution in [0.15, 0.2) is 12.4 Å². The summed E-state index contributed by atoms with van der Waals surface area (Å²) in [6.45, 7) is 8.57. The lowest BCUT2D eigenvalue weighted by atomic mass is 9.79. The van der Waals surface area contributed by atoms with Crippen LogP contribution in [0.5, 0.6) is 0 Å². The number of anilines is 1. The van der Waals surface area contributed by atoms with Crippen LogP contribution in [-0.4, -0.2) is 65.8 Å². The highest BCUT2D eigenvalue weighted by Gasteiger charge is 2.50. The number of esters is 1. The van der Waals surface area contributed by atoms with E-state index in [9.17, 15) is 9.59 Å². The Hall–Kier alpha value is -2.38. The molecule has 2 aliphatic heterocycles. The SMILES string of the molecule is COC(=O)c1cncc(N2CCC3(CN(C(=O)OC(C)(C)C)C3)C2)n1. The number of carbonyl (C=O) groups is 2. The average Bonchev–Trinajstić information content (AvgIpc) is 2.97. The Bertz CT molecular complexity index is 679. The normalized spacial score (nSPS) is 18.9. The summed E-state index contributed by atoms with van der Waals surface area (Å²) in [6.07, 6.45) is 3.75. The van der Waals surface area contributed by atoms with Crippen LogP contribution < -0.4 is 4.90 Å². The minimum Gasteiger partial charge on any atom is -0.464 e. The van der Waals surface area contributed by atoms with Gasteiger partial charge in [0.05, 0.1) is 19.5 Å². The molecule has 0 bridgehead atoms. The van der Waals surface area contributed by atoms with Gasteiger partial charge in [-0.25, -0.2) is 14.6 Å². The molecular weight excluding hydrogens is 324 g/mol. The van der Waals surface area contributed by atoms with E-state index in [2.05, 4.69) is 19.6 Å². The van der Waals surface area contributed by atoms with Crippen LogP contribution in [0, 0.1) is 5.41 Å². The summed E-state index contributed by atoms with van der Waals surface area (Å²) in [5.41, 5.74) is -0.212. The molecule has 3 rings (SSSR count). The van der Waals surface area contributed by atoms with Gasteiger partial charge in [-0.15, -0.1) is 0 Å². The summed E-state index contributed by atoms with van der Waals surface area (Å²) in [5, 5.41) is 0. The number of aromatic nitrogens is 2. The van der Waals surface area contributed by atoms with Crippen molar-refractivity contribution >= 4 is 17.9 Å². The van der Waals surface area contributed by atoms with E-state index in [-0.39, 0.29) is 17.2 Å². The number of amides is 1. The van der Waals surface area contributed by atoms with Crippen molar-refractivity contribution in [3.8, 4) is 0 Å². The van der Waals surface area contributed by atoms with Crippen molar-refractivity contribution in [2.24, 2.45) is 5.41 Å². The monoisotopic (exact) mass is 348 g/mol. The zero-order chi connectivity index (χ0) is 18.2. The molecule has 1 spiro atoms. The molecule has 25 heavy (non-hydrogen) atoms. The van der Waals surface area contributed by atoms with Gasteiger partial charge in [0.15, 0.2) is 5.69 Å². The largest absolute Gasteiger partial charge is 0.464 e. The molecule has 8 nitrogen and oxygen atoms in total. The van der Waals surface area contributed by atoms with E-state index in [1.165, 1.54) is 13.3 Å². The van der Waals surface area contributed by atoms with Crippen LogP contribution in [0.3, 0.4) is 0 Å². The quantitative estimate of drug-likeness (QED) is 0.752. The second-order valence-electron chi connectivity index (χ2n) is 7.76. The fourth-order valence-electron chi connectivity index (χ4n) is 3.32. The van der Waals surface area contributed by atoms with Crippen molar-refractivity contribution in [1.29, 1.82) is 0 Å². The summed E-state index contributed by atoms with van der Waals surface area (Å²) in [4.78, 5) is 36.0. The van der Waals surface area contributed by atoms with Crippen molar-refractivity contribution in [3.05, 3.63) is 18.1 Å². The average molecular weight is 348 g/mol. The Labute approximate surface area is 147 Å². The lowest BCUT2D eigenvalue weighted by molar-refractivity contribution is -0.0266. The highest BCUT2D eigenvalue weighted by molar-refractivity contribution is 5.87. The van der Waals surface area contributed by atoms with Gasteiger partial charge in [0.25, 0.3) is 0 Å². The zero-order valence-corrected chi connectivity index (χ0v) is 15.1. The first kappa shape index (κ1) is 17.4. The molecule has 1 aromatic heterocycles. The second-order valence-corrected chi connectivity index (χ2v) is 7.76. The third kappa shape index (κ3) is 3.67. The topological polar surface area (TPSA) is 84.9 Å². The van der Waals surface area contributed by atoms with E-state index in [4.69, 9.17) is 4.74 Å². The molecule has 136 valence electrons. The van der Waals surface area contributed by atoms with Crippen LogP contribution in [0.25, 0.3) is 0 Å². The summed E-state index contributed by atoms with van der Waals surface area (Å²) in [7, 11) is 1.32. The van der Waals surface area contributed by atoms with Crippen LogP contribution in [-0.2, 0) is 9.47 Å². The lowest BCUT2D eigenvalue weighted by Gasteiger charge is -2.47. The van der Waals surface area contributed by atoms with Crippen molar-refractivity contribution in [1.82, 2.24) is 14.9 Å². The molecule has 0 aliphatic carbocycles. The highest BCUT2D eigenvalue weighted by atomic mass is 16.6. The highest BCUT2D eigenvalue weighted by Crippen LogP contribution is 2.41. The summed E-state index contributed by atoms with van der Waals surface area (Å²) >= 11 is 0. The number of hydrogen-bond acceptors (Lipinski definition) is 7. The fraction of sp³-hybridized carbons (Fsp3) is 0.647. The van der Waals surface area contributed by atoms with E-state index in [1.54, 1.807) is 11.1 Å². The van der Waals surface area contributed by atoms with Gasteiger partial charge in [0, 0.05) is 31.6 Å².